The lowest BCUT2D eigenvalue weighted by atomic mass is 9.77. The van der Waals surface area contributed by atoms with Crippen molar-refractivity contribution in [2.24, 2.45) is 11.3 Å². The summed E-state index contributed by atoms with van der Waals surface area (Å²) in [4.78, 5) is 12.5. The van der Waals surface area contributed by atoms with Gasteiger partial charge < -0.3 is 14.8 Å². The van der Waals surface area contributed by atoms with E-state index in [2.05, 4.69) is 5.32 Å². The molecule has 0 spiro atoms. The molecule has 2 aliphatic heterocycles. The number of ether oxygens (including phenoxy) is 2. The van der Waals surface area contributed by atoms with E-state index in [1.165, 1.54) is 7.11 Å². The van der Waals surface area contributed by atoms with Gasteiger partial charge in [-0.05, 0) is 49.9 Å². The monoisotopic (exact) mass is 360 g/mol. The van der Waals surface area contributed by atoms with Gasteiger partial charge >= 0.3 is 5.97 Å². The first-order valence-electron chi connectivity index (χ1n) is 9.04. The number of nitrogens with zero attached hydrogens (tertiary/aromatic N) is 1. The standard InChI is InChI=1S/C20H25FN2O3/c1-20(2)9-14-16(26-11-20)8-13(15(10-22)18(14)21)17(19(24)25-3)12-4-6-23-7-5-12/h8,12,17,23H,4-7,9,11H2,1-3H3. The van der Waals surface area contributed by atoms with Crippen molar-refractivity contribution in [3.05, 3.63) is 28.6 Å². The maximum Gasteiger partial charge on any atom is 0.313 e. The van der Waals surface area contributed by atoms with Gasteiger partial charge in [0.2, 0.25) is 0 Å². The fourth-order valence-corrected chi connectivity index (χ4v) is 4.02. The average molecular weight is 360 g/mol. The lowest BCUT2D eigenvalue weighted by molar-refractivity contribution is -0.144. The van der Waals surface area contributed by atoms with Crippen LogP contribution in [0, 0.1) is 28.5 Å². The summed E-state index contributed by atoms with van der Waals surface area (Å²) in [5.74, 6) is -1.19. The Morgan fingerprint density at radius 3 is 2.77 bits per heavy atom. The third-order valence-electron chi connectivity index (χ3n) is 5.39. The van der Waals surface area contributed by atoms with Crippen molar-refractivity contribution in [2.75, 3.05) is 26.8 Å². The normalized spacial score (nSPS) is 20.4. The molecule has 26 heavy (non-hydrogen) atoms. The zero-order chi connectivity index (χ0) is 18.9. The van der Waals surface area contributed by atoms with Crippen LogP contribution in [0.5, 0.6) is 5.75 Å². The highest BCUT2D eigenvalue weighted by Crippen LogP contribution is 2.42. The number of benzene rings is 1. The van der Waals surface area contributed by atoms with Crippen LogP contribution in [0.2, 0.25) is 0 Å². The minimum absolute atomic E-state index is 0.00767. The van der Waals surface area contributed by atoms with Crippen LogP contribution in [-0.4, -0.2) is 32.8 Å². The molecule has 2 heterocycles. The molecule has 1 N–H and O–H groups in total. The fourth-order valence-electron chi connectivity index (χ4n) is 4.02. The second-order valence-corrected chi connectivity index (χ2v) is 7.96. The van der Waals surface area contributed by atoms with Gasteiger partial charge in [0, 0.05) is 11.0 Å². The number of hydrogen-bond donors (Lipinski definition) is 1. The van der Waals surface area contributed by atoms with Crippen LogP contribution >= 0.6 is 0 Å². The van der Waals surface area contributed by atoms with Crippen LogP contribution in [-0.2, 0) is 16.0 Å². The highest BCUT2D eigenvalue weighted by molar-refractivity contribution is 5.80. The van der Waals surface area contributed by atoms with Gasteiger partial charge in [0.1, 0.15) is 17.6 Å². The number of fused-ring (bicyclic) bond motifs is 1. The van der Waals surface area contributed by atoms with Gasteiger partial charge in [0.05, 0.1) is 25.2 Å². The summed E-state index contributed by atoms with van der Waals surface area (Å²) in [5, 5.41) is 12.9. The number of halogens is 1. The zero-order valence-electron chi connectivity index (χ0n) is 15.5. The smallest absolute Gasteiger partial charge is 0.313 e. The Labute approximate surface area is 153 Å². The predicted molar refractivity (Wildman–Crippen MR) is 94.4 cm³/mol. The van der Waals surface area contributed by atoms with E-state index >= 15 is 4.39 Å². The van der Waals surface area contributed by atoms with Crippen molar-refractivity contribution in [1.29, 1.82) is 5.26 Å². The number of rotatable bonds is 3. The highest BCUT2D eigenvalue weighted by atomic mass is 19.1. The molecule has 140 valence electrons. The fraction of sp³-hybridized carbons (Fsp3) is 0.600. The summed E-state index contributed by atoms with van der Waals surface area (Å²) in [6, 6.07) is 3.68. The maximum absolute atomic E-state index is 15.2. The Morgan fingerprint density at radius 1 is 1.46 bits per heavy atom. The molecule has 0 aliphatic carbocycles. The number of carbonyl (C=O) groups is 1. The molecule has 5 nitrogen and oxygen atoms in total. The van der Waals surface area contributed by atoms with E-state index in [0.29, 0.717) is 29.9 Å². The number of nitrogens with one attached hydrogen (secondary N) is 1. The minimum Gasteiger partial charge on any atom is -0.493 e. The van der Waals surface area contributed by atoms with Gasteiger partial charge in [-0.15, -0.1) is 0 Å². The maximum atomic E-state index is 15.2. The summed E-state index contributed by atoms with van der Waals surface area (Å²) >= 11 is 0. The third-order valence-corrected chi connectivity index (χ3v) is 5.39. The molecular formula is C20H25FN2O3. The van der Waals surface area contributed by atoms with E-state index in [1.807, 2.05) is 19.9 Å². The number of esters is 1. The second kappa shape index (κ2) is 7.24. The van der Waals surface area contributed by atoms with Gasteiger partial charge in [-0.25, -0.2) is 4.39 Å². The van der Waals surface area contributed by atoms with Crippen molar-refractivity contribution in [1.82, 2.24) is 5.32 Å². The van der Waals surface area contributed by atoms with Crippen molar-refractivity contribution in [3.63, 3.8) is 0 Å². The van der Waals surface area contributed by atoms with E-state index in [9.17, 15) is 10.1 Å². The number of hydrogen-bond acceptors (Lipinski definition) is 5. The Hall–Kier alpha value is -2.13. The molecule has 1 aromatic carbocycles. The molecule has 1 fully saturated rings. The topological polar surface area (TPSA) is 71.4 Å². The molecular weight excluding hydrogens is 335 g/mol. The Morgan fingerprint density at radius 2 is 2.15 bits per heavy atom. The largest absolute Gasteiger partial charge is 0.493 e. The number of carbonyl (C=O) groups excluding carboxylic acids is 1. The minimum atomic E-state index is -0.657. The van der Waals surface area contributed by atoms with E-state index in [1.54, 1.807) is 6.07 Å². The summed E-state index contributed by atoms with van der Waals surface area (Å²) < 4.78 is 26.0. The molecule has 6 heteroatoms. The van der Waals surface area contributed by atoms with Crippen molar-refractivity contribution < 1.29 is 18.7 Å². The molecule has 0 saturated carbocycles. The van der Waals surface area contributed by atoms with Crippen LogP contribution in [0.1, 0.15) is 49.3 Å². The first-order valence-corrected chi connectivity index (χ1v) is 9.04. The average Bonchev–Trinajstić information content (AvgIpc) is 2.63. The molecule has 2 aliphatic rings. The molecule has 1 unspecified atom stereocenters. The van der Waals surface area contributed by atoms with Gasteiger partial charge in [-0.1, -0.05) is 13.8 Å². The predicted octanol–water partition coefficient (Wildman–Crippen LogP) is 2.91. The van der Waals surface area contributed by atoms with Gasteiger partial charge in [-0.3, -0.25) is 4.79 Å². The van der Waals surface area contributed by atoms with E-state index in [0.717, 1.165) is 25.9 Å². The van der Waals surface area contributed by atoms with E-state index < -0.39 is 17.7 Å². The van der Waals surface area contributed by atoms with E-state index in [4.69, 9.17) is 9.47 Å². The quantitative estimate of drug-likeness (QED) is 0.839. The summed E-state index contributed by atoms with van der Waals surface area (Å²) in [6.07, 6.45) is 2.05. The molecule has 0 radical (unpaired) electrons. The molecule has 3 rings (SSSR count). The van der Waals surface area contributed by atoms with Gasteiger partial charge in [-0.2, -0.15) is 5.26 Å². The lowest BCUT2D eigenvalue weighted by Crippen LogP contribution is -2.35. The lowest BCUT2D eigenvalue weighted by Gasteiger charge is -2.34. The SMILES string of the molecule is COC(=O)C(c1cc2c(c(F)c1C#N)CC(C)(C)CO2)C1CCNCC1. The number of nitriles is 1. The molecule has 0 aromatic heterocycles. The van der Waals surface area contributed by atoms with Gasteiger partial charge in [0.15, 0.2) is 0 Å². The third kappa shape index (κ3) is 3.41. The first kappa shape index (κ1) is 18.7. The van der Waals surface area contributed by atoms with Gasteiger partial charge in [0.25, 0.3) is 0 Å². The van der Waals surface area contributed by atoms with Crippen LogP contribution in [0.4, 0.5) is 4.39 Å². The van der Waals surface area contributed by atoms with Crippen LogP contribution < -0.4 is 10.1 Å². The summed E-state index contributed by atoms with van der Waals surface area (Å²) in [7, 11) is 1.33. The van der Waals surface area contributed by atoms with Crippen molar-refractivity contribution >= 4 is 5.97 Å². The van der Waals surface area contributed by atoms with Crippen LogP contribution in [0.3, 0.4) is 0 Å². The number of piperidine rings is 1. The molecule has 1 atom stereocenters. The van der Waals surface area contributed by atoms with Crippen molar-refractivity contribution in [3.8, 4) is 11.8 Å². The second-order valence-electron chi connectivity index (χ2n) is 7.96. The summed E-state index contributed by atoms with van der Waals surface area (Å²) in [6.45, 7) is 6.06. The first-order chi connectivity index (χ1) is 12.4. The number of methoxy groups -OCH3 is 1. The molecule has 1 saturated heterocycles. The summed E-state index contributed by atoms with van der Waals surface area (Å²) in [5.41, 5.74) is 0.565. The van der Waals surface area contributed by atoms with E-state index in [-0.39, 0.29) is 16.9 Å². The molecule has 1 aromatic rings. The van der Waals surface area contributed by atoms with Crippen molar-refractivity contribution in [2.45, 2.75) is 39.0 Å². The Kier molecular flexibility index (Phi) is 5.19. The van der Waals surface area contributed by atoms with Crippen LogP contribution in [0.15, 0.2) is 6.07 Å². The van der Waals surface area contributed by atoms with Crippen LogP contribution in [0.25, 0.3) is 0 Å². The molecule has 0 bridgehead atoms. The Bertz CT molecular complexity index is 748. The Balaban J connectivity index is 2.11. The highest BCUT2D eigenvalue weighted by Gasteiger charge is 2.38. The zero-order valence-corrected chi connectivity index (χ0v) is 15.5. The molecule has 0 amide bonds.